The summed E-state index contributed by atoms with van der Waals surface area (Å²) in [4.78, 5) is 11.3. The molecule has 84 valence electrons. The van der Waals surface area contributed by atoms with Crippen LogP contribution < -0.4 is 11.1 Å². The minimum absolute atomic E-state index is 0.0889. The summed E-state index contributed by atoms with van der Waals surface area (Å²) >= 11 is 0. The summed E-state index contributed by atoms with van der Waals surface area (Å²) in [5.41, 5.74) is 5.28. The molecule has 0 saturated heterocycles. The van der Waals surface area contributed by atoms with Crippen LogP contribution in [0.4, 0.5) is 0 Å². The molecule has 0 atom stereocenters. The van der Waals surface area contributed by atoms with Crippen LogP contribution in [0, 0.1) is 5.92 Å². The lowest BCUT2D eigenvalue weighted by molar-refractivity contribution is -0.116. The quantitative estimate of drug-likeness (QED) is 0.529. The molecule has 1 rings (SSSR count). The molecule has 0 heterocycles. The van der Waals surface area contributed by atoms with Crippen molar-refractivity contribution in [2.75, 3.05) is 6.54 Å². The number of hydrogen-bond acceptors (Lipinski definition) is 2. The highest BCUT2D eigenvalue weighted by Crippen LogP contribution is 2.29. The normalized spacial score (nSPS) is 17.5. The maximum atomic E-state index is 11.3. The Bertz CT molecular complexity index is 270. The largest absolute Gasteiger partial charge is 0.349 e. The molecule has 0 spiro atoms. The van der Waals surface area contributed by atoms with Crippen LogP contribution in [0.2, 0.25) is 0 Å². The maximum Gasteiger partial charge on any atom is 0.243 e. The number of allylic oxidation sites excluding steroid dienone is 1. The molecule has 0 aromatic carbocycles. The number of carbonyl (C=O) groups is 1. The summed E-state index contributed by atoms with van der Waals surface area (Å²) in [6.07, 6.45) is 9.96. The number of hydrogen-bond donors (Lipinski definition) is 2. The molecule has 0 aromatic rings. The van der Waals surface area contributed by atoms with Crippen LogP contribution >= 0.6 is 0 Å². The summed E-state index contributed by atoms with van der Waals surface area (Å²) in [6, 6.07) is 0. The number of nitrogens with one attached hydrogen (secondary N) is 1. The Morgan fingerprint density at radius 1 is 1.53 bits per heavy atom. The Morgan fingerprint density at radius 2 is 2.20 bits per heavy atom. The van der Waals surface area contributed by atoms with Gasteiger partial charge in [0, 0.05) is 18.2 Å². The molecular formula is C12H20N2O. The average molecular weight is 208 g/mol. The van der Waals surface area contributed by atoms with E-state index in [4.69, 9.17) is 5.73 Å². The highest BCUT2D eigenvalue weighted by molar-refractivity contribution is 5.87. The molecule has 15 heavy (non-hydrogen) atoms. The second-order valence-electron chi connectivity index (χ2n) is 4.67. The van der Waals surface area contributed by atoms with Crippen LogP contribution in [-0.4, -0.2) is 18.0 Å². The molecule has 0 aliphatic heterocycles. The minimum Gasteiger partial charge on any atom is -0.349 e. The van der Waals surface area contributed by atoms with Crippen molar-refractivity contribution in [3.05, 3.63) is 24.3 Å². The third-order valence-corrected chi connectivity index (χ3v) is 2.09. The monoisotopic (exact) mass is 208 g/mol. The lowest BCUT2D eigenvalue weighted by Crippen LogP contribution is -2.30. The van der Waals surface area contributed by atoms with Gasteiger partial charge in [0.15, 0.2) is 0 Å². The second kappa shape index (κ2) is 5.12. The minimum atomic E-state index is -0.429. The standard InChI is InChI=1S/C12H20N2O/c1-12(2,13)8-7-11(15)14-9-3-4-10-5-6-10/h3-4,7-8,10H,5-6,9,13H2,1-2H3,(H,14,15)/b4-3+,8-7+. The third kappa shape index (κ3) is 6.91. The van der Waals surface area contributed by atoms with E-state index in [-0.39, 0.29) is 5.91 Å². The Morgan fingerprint density at radius 3 is 2.73 bits per heavy atom. The zero-order valence-corrected chi connectivity index (χ0v) is 9.49. The predicted octanol–water partition coefficient (Wildman–Crippen LogP) is 1.36. The Balaban J connectivity index is 2.15. The van der Waals surface area contributed by atoms with Gasteiger partial charge in [0.1, 0.15) is 0 Å². The lowest BCUT2D eigenvalue weighted by atomic mass is 10.1. The van der Waals surface area contributed by atoms with Crippen LogP contribution in [0.5, 0.6) is 0 Å². The van der Waals surface area contributed by atoms with Gasteiger partial charge in [0.05, 0.1) is 0 Å². The third-order valence-electron chi connectivity index (χ3n) is 2.09. The molecule has 0 aromatic heterocycles. The Labute approximate surface area is 91.4 Å². The van der Waals surface area contributed by atoms with Gasteiger partial charge in [-0.1, -0.05) is 18.2 Å². The van der Waals surface area contributed by atoms with Gasteiger partial charge in [-0.25, -0.2) is 0 Å². The van der Waals surface area contributed by atoms with Gasteiger partial charge in [-0.15, -0.1) is 0 Å². The van der Waals surface area contributed by atoms with Crippen LogP contribution in [0.25, 0.3) is 0 Å². The van der Waals surface area contributed by atoms with Gasteiger partial charge >= 0.3 is 0 Å². The summed E-state index contributed by atoms with van der Waals surface area (Å²) < 4.78 is 0. The number of nitrogens with two attached hydrogens (primary N) is 1. The van der Waals surface area contributed by atoms with Crippen molar-refractivity contribution in [3.63, 3.8) is 0 Å². The molecule has 3 N–H and O–H groups in total. The van der Waals surface area contributed by atoms with E-state index in [9.17, 15) is 4.79 Å². The van der Waals surface area contributed by atoms with Crippen molar-refractivity contribution < 1.29 is 4.79 Å². The van der Waals surface area contributed by atoms with E-state index in [1.54, 1.807) is 6.08 Å². The first-order valence-corrected chi connectivity index (χ1v) is 5.40. The van der Waals surface area contributed by atoms with Crippen LogP contribution in [0.1, 0.15) is 26.7 Å². The van der Waals surface area contributed by atoms with Gasteiger partial charge in [0.25, 0.3) is 0 Å². The Kier molecular flexibility index (Phi) is 4.09. The topological polar surface area (TPSA) is 55.1 Å². The van der Waals surface area contributed by atoms with Crippen molar-refractivity contribution in [2.24, 2.45) is 11.7 Å². The fourth-order valence-corrected chi connectivity index (χ4v) is 1.06. The lowest BCUT2D eigenvalue weighted by Gasteiger charge is -2.11. The SMILES string of the molecule is CC(C)(N)/C=C/C(=O)NC/C=C/C1CC1. The summed E-state index contributed by atoms with van der Waals surface area (Å²) in [5, 5.41) is 2.77. The van der Waals surface area contributed by atoms with E-state index in [1.165, 1.54) is 18.9 Å². The first kappa shape index (κ1) is 12.0. The molecule has 0 radical (unpaired) electrons. The summed E-state index contributed by atoms with van der Waals surface area (Å²) in [5.74, 6) is 0.675. The predicted molar refractivity (Wildman–Crippen MR) is 62.3 cm³/mol. The molecule has 1 aliphatic carbocycles. The van der Waals surface area contributed by atoms with Crippen LogP contribution in [0.3, 0.4) is 0 Å². The number of carbonyl (C=O) groups excluding carboxylic acids is 1. The van der Waals surface area contributed by atoms with Crippen molar-refractivity contribution >= 4 is 5.91 Å². The highest BCUT2D eigenvalue weighted by Gasteiger charge is 2.16. The number of amides is 1. The molecule has 1 amide bonds. The molecule has 3 heteroatoms. The smallest absolute Gasteiger partial charge is 0.243 e. The Hall–Kier alpha value is -1.09. The van der Waals surface area contributed by atoms with Gasteiger partial charge < -0.3 is 11.1 Å². The molecule has 1 fully saturated rings. The van der Waals surface area contributed by atoms with Gasteiger partial charge in [-0.2, -0.15) is 0 Å². The van der Waals surface area contributed by atoms with Crippen LogP contribution in [-0.2, 0) is 4.79 Å². The van der Waals surface area contributed by atoms with Gasteiger partial charge in [-0.3, -0.25) is 4.79 Å². The molecule has 3 nitrogen and oxygen atoms in total. The average Bonchev–Trinajstić information content (AvgIpc) is 2.91. The fraction of sp³-hybridized carbons (Fsp3) is 0.583. The first-order valence-electron chi connectivity index (χ1n) is 5.40. The van der Waals surface area contributed by atoms with E-state index in [0.29, 0.717) is 6.54 Å². The van der Waals surface area contributed by atoms with Crippen molar-refractivity contribution in [3.8, 4) is 0 Å². The maximum absolute atomic E-state index is 11.3. The van der Waals surface area contributed by atoms with Crippen molar-refractivity contribution in [1.29, 1.82) is 0 Å². The molecule has 0 bridgehead atoms. The summed E-state index contributed by atoms with van der Waals surface area (Å²) in [6.45, 7) is 4.30. The molecule has 1 aliphatic rings. The summed E-state index contributed by atoms with van der Waals surface area (Å²) in [7, 11) is 0. The zero-order chi connectivity index (χ0) is 11.3. The molecule has 1 saturated carbocycles. The molecular weight excluding hydrogens is 188 g/mol. The van der Waals surface area contributed by atoms with Gasteiger partial charge in [-0.05, 0) is 32.6 Å². The molecule has 0 unspecified atom stereocenters. The first-order chi connectivity index (χ1) is 6.97. The highest BCUT2D eigenvalue weighted by atomic mass is 16.1. The zero-order valence-electron chi connectivity index (χ0n) is 9.49. The number of rotatable bonds is 5. The van der Waals surface area contributed by atoms with E-state index in [1.807, 2.05) is 19.9 Å². The van der Waals surface area contributed by atoms with E-state index < -0.39 is 5.54 Å². The van der Waals surface area contributed by atoms with E-state index >= 15 is 0 Å². The van der Waals surface area contributed by atoms with Crippen molar-refractivity contribution in [2.45, 2.75) is 32.2 Å². The fourth-order valence-electron chi connectivity index (χ4n) is 1.06. The van der Waals surface area contributed by atoms with Gasteiger partial charge in [0.2, 0.25) is 5.91 Å². The van der Waals surface area contributed by atoms with E-state index in [2.05, 4.69) is 11.4 Å². The second-order valence-corrected chi connectivity index (χ2v) is 4.67. The van der Waals surface area contributed by atoms with Crippen molar-refractivity contribution in [1.82, 2.24) is 5.32 Å². The van der Waals surface area contributed by atoms with Crippen LogP contribution in [0.15, 0.2) is 24.3 Å². The van der Waals surface area contributed by atoms with E-state index in [0.717, 1.165) is 5.92 Å².